The molecule has 0 radical (unpaired) electrons. The molecule has 1 aromatic carbocycles. The van der Waals surface area contributed by atoms with Gasteiger partial charge in [0.25, 0.3) is 0 Å². The van der Waals surface area contributed by atoms with Crippen molar-refractivity contribution in [3.05, 3.63) is 29.0 Å². The maximum atomic E-state index is 13.1. The van der Waals surface area contributed by atoms with Crippen molar-refractivity contribution in [3.63, 3.8) is 0 Å². The zero-order valence-corrected chi connectivity index (χ0v) is 14.9. The van der Waals surface area contributed by atoms with Crippen LogP contribution in [0.5, 0.6) is 0 Å². The largest absolute Gasteiger partial charge is 0.301 e. The molecule has 0 aromatic heterocycles. The summed E-state index contributed by atoms with van der Waals surface area (Å²) in [7, 11) is -3.66. The molecular weight excluding hydrogens is 350 g/mol. The first-order valence-electron chi connectivity index (χ1n) is 7.01. The predicted octanol–water partition coefficient (Wildman–Crippen LogP) is 3.05. The number of halogens is 3. The van der Waals surface area contributed by atoms with Crippen LogP contribution >= 0.6 is 24.0 Å². The smallest absolute Gasteiger partial charge is 0.240 e. The first kappa shape index (κ1) is 19.6. The van der Waals surface area contributed by atoms with E-state index in [2.05, 4.69) is 23.5 Å². The van der Waals surface area contributed by atoms with Gasteiger partial charge in [0.05, 0.1) is 9.92 Å². The normalized spacial score (nSPS) is 17.5. The van der Waals surface area contributed by atoms with Crippen LogP contribution in [0, 0.1) is 5.82 Å². The van der Waals surface area contributed by atoms with Crippen molar-refractivity contribution in [2.24, 2.45) is 0 Å². The van der Waals surface area contributed by atoms with Gasteiger partial charge in [-0.2, -0.15) is 0 Å². The molecule has 2 rings (SSSR count). The minimum atomic E-state index is -3.66. The average Bonchev–Trinajstić information content (AvgIpc) is 2.42. The second-order valence-corrected chi connectivity index (χ2v) is 7.72. The average molecular weight is 371 g/mol. The molecule has 8 heteroatoms. The molecule has 4 nitrogen and oxygen atoms in total. The van der Waals surface area contributed by atoms with Crippen molar-refractivity contribution in [2.45, 2.75) is 43.7 Å². The van der Waals surface area contributed by atoms with Gasteiger partial charge < -0.3 is 4.90 Å². The summed E-state index contributed by atoms with van der Waals surface area (Å²) in [6.07, 6.45) is 1.54. The van der Waals surface area contributed by atoms with Gasteiger partial charge in [0.2, 0.25) is 10.0 Å². The Bertz CT molecular complexity index is 603. The third-order valence-corrected chi connectivity index (χ3v) is 5.59. The molecule has 0 atom stereocenters. The molecule has 0 saturated carbocycles. The van der Waals surface area contributed by atoms with Gasteiger partial charge in [-0.25, -0.2) is 17.5 Å². The molecule has 1 N–H and O–H groups in total. The minimum Gasteiger partial charge on any atom is -0.301 e. The number of piperidine rings is 1. The Hall–Kier alpha value is -0.400. The number of nitrogens with zero attached hydrogens (tertiary/aromatic N) is 1. The van der Waals surface area contributed by atoms with E-state index in [1.165, 1.54) is 6.07 Å². The Labute approximate surface area is 142 Å². The zero-order chi connectivity index (χ0) is 15.6. The third-order valence-electron chi connectivity index (χ3n) is 3.78. The Morgan fingerprint density at radius 1 is 1.32 bits per heavy atom. The number of likely N-dealkylation sites (tertiary alicyclic amines) is 1. The van der Waals surface area contributed by atoms with E-state index < -0.39 is 15.8 Å². The van der Waals surface area contributed by atoms with E-state index in [0.29, 0.717) is 6.04 Å². The first-order chi connectivity index (χ1) is 9.79. The number of nitrogens with one attached hydrogen (secondary N) is 1. The van der Waals surface area contributed by atoms with Crippen molar-refractivity contribution in [1.82, 2.24) is 9.62 Å². The molecule has 0 aliphatic carbocycles. The summed E-state index contributed by atoms with van der Waals surface area (Å²) >= 11 is 5.64. The van der Waals surface area contributed by atoms with Gasteiger partial charge in [-0.3, -0.25) is 0 Å². The van der Waals surface area contributed by atoms with Crippen LogP contribution in [0.3, 0.4) is 0 Å². The Kier molecular flexibility index (Phi) is 7.08. The topological polar surface area (TPSA) is 49.4 Å². The fraction of sp³-hybridized carbons (Fsp3) is 0.571. The summed E-state index contributed by atoms with van der Waals surface area (Å²) in [6.45, 7) is 6.00. The zero-order valence-electron chi connectivity index (χ0n) is 12.6. The maximum Gasteiger partial charge on any atom is 0.240 e. The molecule has 1 saturated heterocycles. The van der Waals surface area contributed by atoms with Gasteiger partial charge >= 0.3 is 0 Å². The van der Waals surface area contributed by atoms with E-state index in [1.54, 1.807) is 0 Å². The standard InChI is InChI=1S/C14H20ClFN2O2S.ClH/c1-10(2)18-7-5-11(6-8-18)17-21(19,20)12-3-4-14(16)13(15)9-12;/h3-4,9-11,17H,5-8H2,1-2H3;1H. The van der Waals surface area contributed by atoms with Gasteiger partial charge in [-0.15, -0.1) is 12.4 Å². The molecule has 126 valence electrons. The lowest BCUT2D eigenvalue weighted by molar-refractivity contribution is 0.168. The van der Waals surface area contributed by atoms with E-state index in [9.17, 15) is 12.8 Å². The highest BCUT2D eigenvalue weighted by atomic mass is 35.5. The summed E-state index contributed by atoms with van der Waals surface area (Å²) in [5, 5.41) is -0.187. The van der Waals surface area contributed by atoms with Crippen molar-refractivity contribution >= 4 is 34.0 Å². The summed E-state index contributed by atoms with van der Waals surface area (Å²) < 4.78 is 40.3. The molecule has 1 aliphatic heterocycles. The van der Waals surface area contributed by atoms with E-state index in [-0.39, 0.29) is 28.4 Å². The highest BCUT2D eigenvalue weighted by Crippen LogP contribution is 2.21. The molecule has 1 aromatic rings. The molecular formula is C14H21Cl2FN2O2S. The molecule has 1 aliphatic rings. The lowest BCUT2D eigenvalue weighted by Gasteiger charge is -2.34. The summed E-state index contributed by atoms with van der Waals surface area (Å²) in [5.41, 5.74) is 0. The number of benzene rings is 1. The molecule has 0 amide bonds. The Balaban J connectivity index is 0.00000242. The molecule has 0 unspecified atom stereocenters. The van der Waals surface area contributed by atoms with E-state index >= 15 is 0 Å². The lowest BCUT2D eigenvalue weighted by Crippen LogP contribution is -2.46. The van der Waals surface area contributed by atoms with Crippen LogP contribution in [0.4, 0.5) is 4.39 Å². The number of hydrogen-bond acceptors (Lipinski definition) is 3. The third kappa shape index (κ3) is 4.80. The first-order valence-corrected chi connectivity index (χ1v) is 8.87. The van der Waals surface area contributed by atoms with Gasteiger partial charge in [-0.1, -0.05) is 11.6 Å². The van der Waals surface area contributed by atoms with Crippen LogP contribution in [-0.2, 0) is 10.0 Å². The van der Waals surface area contributed by atoms with Gasteiger partial charge in [0.1, 0.15) is 5.82 Å². The van der Waals surface area contributed by atoms with Crippen LogP contribution in [0.2, 0.25) is 5.02 Å². The SMILES string of the molecule is CC(C)N1CCC(NS(=O)(=O)c2ccc(F)c(Cl)c2)CC1.Cl. The maximum absolute atomic E-state index is 13.1. The number of hydrogen-bond donors (Lipinski definition) is 1. The fourth-order valence-electron chi connectivity index (χ4n) is 2.47. The summed E-state index contributed by atoms with van der Waals surface area (Å²) in [5.74, 6) is -0.624. The second kappa shape index (κ2) is 7.93. The van der Waals surface area contributed by atoms with Gasteiger partial charge in [0, 0.05) is 12.1 Å². The quantitative estimate of drug-likeness (QED) is 0.885. The Morgan fingerprint density at radius 2 is 1.91 bits per heavy atom. The molecule has 0 spiro atoms. The van der Waals surface area contributed by atoms with Crippen LogP contribution in [0.15, 0.2) is 23.1 Å². The molecule has 22 heavy (non-hydrogen) atoms. The fourth-order valence-corrected chi connectivity index (χ4v) is 4.04. The van der Waals surface area contributed by atoms with Crippen molar-refractivity contribution in [2.75, 3.05) is 13.1 Å². The van der Waals surface area contributed by atoms with Crippen LogP contribution in [0.1, 0.15) is 26.7 Å². The number of rotatable bonds is 4. The highest BCUT2D eigenvalue weighted by Gasteiger charge is 2.25. The molecule has 0 bridgehead atoms. The summed E-state index contributed by atoms with van der Waals surface area (Å²) in [4.78, 5) is 2.32. The van der Waals surface area contributed by atoms with Crippen molar-refractivity contribution in [3.8, 4) is 0 Å². The Morgan fingerprint density at radius 3 is 2.41 bits per heavy atom. The molecule has 1 fully saturated rings. The molecule has 1 heterocycles. The van der Waals surface area contributed by atoms with E-state index in [4.69, 9.17) is 11.6 Å². The predicted molar refractivity (Wildman–Crippen MR) is 88.7 cm³/mol. The van der Waals surface area contributed by atoms with Crippen LogP contribution in [0.25, 0.3) is 0 Å². The minimum absolute atomic E-state index is 0. The van der Waals surface area contributed by atoms with Crippen molar-refractivity contribution < 1.29 is 12.8 Å². The number of sulfonamides is 1. The van der Waals surface area contributed by atoms with Crippen molar-refractivity contribution in [1.29, 1.82) is 0 Å². The monoisotopic (exact) mass is 370 g/mol. The summed E-state index contributed by atoms with van der Waals surface area (Å²) in [6, 6.07) is 3.82. The van der Waals surface area contributed by atoms with Crippen LogP contribution < -0.4 is 4.72 Å². The second-order valence-electron chi connectivity index (χ2n) is 5.60. The highest BCUT2D eigenvalue weighted by molar-refractivity contribution is 7.89. The lowest BCUT2D eigenvalue weighted by atomic mass is 10.1. The van der Waals surface area contributed by atoms with Crippen LogP contribution in [-0.4, -0.2) is 38.5 Å². The van der Waals surface area contributed by atoms with E-state index in [1.807, 2.05) is 0 Å². The van der Waals surface area contributed by atoms with Gasteiger partial charge in [0.15, 0.2) is 0 Å². The van der Waals surface area contributed by atoms with E-state index in [0.717, 1.165) is 38.1 Å². The van der Waals surface area contributed by atoms with Gasteiger partial charge in [-0.05, 0) is 58.0 Å².